The Balaban J connectivity index is 0.000000180. The molecule has 0 aliphatic carbocycles. The first-order valence-electron chi connectivity index (χ1n) is 6.32. The average Bonchev–Trinajstić information content (AvgIpc) is 2.41. The maximum absolute atomic E-state index is 2.12. The topological polar surface area (TPSA) is 0 Å². The lowest BCUT2D eigenvalue weighted by molar-refractivity contribution is 1.15. The van der Waals surface area contributed by atoms with Gasteiger partial charge in [-0.25, -0.2) is 0 Å². The normalized spacial score (nSPS) is 10.1. The molecule has 18 heavy (non-hydrogen) atoms. The first kappa shape index (κ1) is 14.5. The van der Waals surface area contributed by atoms with Crippen molar-refractivity contribution in [1.82, 2.24) is 0 Å². The van der Waals surface area contributed by atoms with Crippen molar-refractivity contribution in [2.75, 3.05) is 0 Å². The third-order valence-electron chi connectivity index (χ3n) is 2.70. The molecular weight excluding hydrogens is 216 g/mol. The van der Waals surface area contributed by atoms with Crippen molar-refractivity contribution >= 4 is 0 Å². The smallest absolute Gasteiger partial charge is 0.00120 e. The lowest BCUT2D eigenvalue weighted by Gasteiger charge is -2.00. The highest BCUT2D eigenvalue weighted by atomic mass is 14.0. The SMILES string of the molecule is C[C](C)c1ccccc1.C[C](C)c1ccccc1. The van der Waals surface area contributed by atoms with Crippen molar-refractivity contribution in [3.05, 3.63) is 83.6 Å². The van der Waals surface area contributed by atoms with Crippen LogP contribution in [0.4, 0.5) is 0 Å². The Morgan fingerprint density at radius 3 is 0.944 bits per heavy atom. The molecular formula is C18H22. The van der Waals surface area contributed by atoms with Crippen molar-refractivity contribution in [1.29, 1.82) is 0 Å². The molecule has 0 aromatic heterocycles. The van der Waals surface area contributed by atoms with Crippen LogP contribution in [-0.2, 0) is 0 Å². The molecule has 0 spiro atoms. The fourth-order valence-corrected chi connectivity index (χ4v) is 1.54. The summed E-state index contributed by atoms with van der Waals surface area (Å²) in [5.41, 5.74) is 2.66. The molecule has 0 saturated heterocycles. The van der Waals surface area contributed by atoms with Gasteiger partial charge in [0.15, 0.2) is 0 Å². The van der Waals surface area contributed by atoms with E-state index in [1.807, 2.05) is 12.1 Å². The molecule has 2 aromatic rings. The monoisotopic (exact) mass is 238 g/mol. The van der Waals surface area contributed by atoms with E-state index in [0.29, 0.717) is 0 Å². The van der Waals surface area contributed by atoms with Gasteiger partial charge in [-0.3, -0.25) is 0 Å². The zero-order valence-corrected chi connectivity index (χ0v) is 11.8. The molecule has 0 amide bonds. The molecule has 0 bridgehead atoms. The number of benzene rings is 2. The van der Waals surface area contributed by atoms with E-state index < -0.39 is 0 Å². The summed E-state index contributed by atoms with van der Waals surface area (Å²) >= 11 is 0. The van der Waals surface area contributed by atoms with Crippen LogP contribution >= 0.6 is 0 Å². The van der Waals surface area contributed by atoms with E-state index in [1.165, 1.54) is 23.0 Å². The second-order valence-corrected chi connectivity index (χ2v) is 4.73. The molecule has 94 valence electrons. The molecule has 0 aliphatic heterocycles. The summed E-state index contributed by atoms with van der Waals surface area (Å²) in [4.78, 5) is 0. The van der Waals surface area contributed by atoms with E-state index in [1.54, 1.807) is 0 Å². The van der Waals surface area contributed by atoms with E-state index in [2.05, 4.69) is 76.2 Å². The Bertz CT molecular complexity index is 369. The Hall–Kier alpha value is -1.56. The maximum atomic E-state index is 2.12. The molecule has 2 rings (SSSR count). The van der Waals surface area contributed by atoms with Gasteiger partial charge in [0.2, 0.25) is 0 Å². The largest absolute Gasteiger partial charge is 0.0622 e. The van der Waals surface area contributed by atoms with Gasteiger partial charge < -0.3 is 0 Å². The zero-order valence-electron chi connectivity index (χ0n) is 11.8. The molecule has 0 unspecified atom stereocenters. The van der Waals surface area contributed by atoms with Crippen molar-refractivity contribution in [2.45, 2.75) is 27.7 Å². The molecule has 0 fully saturated rings. The van der Waals surface area contributed by atoms with E-state index in [-0.39, 0.29) is 0 Å². The fourth-order valence-electron chi connectivity index (χ4n) is 1.54. The van der Waals surface area contributed by atoms with Crippen LogP contribution in [-0.4, -0.2) is 0 Å². The summed E-state index contributed by atoms with van der Waals surface area (Å²) in [7, 11) is 0. The maximum Gasteiger partial charge on any atom is -0.00120 e. The molecule has 0 aliphatic rings. The molecule has 0 heteroatoms. The summed E-state index contributed by atoms with van der Waals surface area (Å²) in [6, 6.07) is 20.8. The van der Waals surface area contributed by atoms with Crippen LogP contribution in [0.2, 0.25) is 0 Å². The summed E-state index contributed by atoms with van der Waals surface area (Å²) in [5.74, 6) is 2.74. The second kappa shape index (κ2) is 7.71. The molecule has 0 nitrogen and oxygen atoms in total. The lowest BCUT2D eigenvalue weighted by atomic mass is 10.0. The minimum absolute atomic E-state index is 1.33. The van der Waals surface area contributed by atoms with Gasteiger partial charge in [0.1, 0.15) is 0 Å². The summed E-state index contributed by atoms with van der Waals surface area (Å²) in [5, 5.41) is 0. The van der Waals surface area contributed by atoms with Gasteiger partial charge >= 0.3 is 0 Å². The average molecular weight is 238 g/mol. The zero-order chi connectivity index (χ0) is 13.4. The van der Waals surface area contributed by atoms with Gasteiger partial charge in [-0.15, -0.1) is 0 Å². The highest BCUT2D eigenvalue weighted by Crippen LogP contribution is 2.11. The van der Waals surface area contributed by atoms with Crippen molar-refractivity contribution < 1.29 is 0 Å². The van der Waals surface area contributed by atoms with Crippen molar-refractivity contribution in [3.63, 3.8) is 0 Å². The van der Waals surface area contributed by atoms with Crippen LogP contribution in [0.3, 0.4) is 0 Å². The Morgan fingerprint density at radius 1 is 0.500 bits per heavy atom. The predicted octanol–water partition coefficient (Wildman–Crippen LogP) is 5.30. The van der Waals surface area contributed by atoms with Crippen LogP contribution in [0.1, 0.15) is 38.8 Å². The molecule has 2 radical (unpaired) electrons. The van der Waals surface area contributed by atoms with Crippen LogP contribution in [0, 0.1) is 11.8 Å². The predicted molar refractivity (Wildman–Crippen MR) is 80.3 cm³/mol. The molecule has 2 aromatic carbocycles. The van der Waals surface area contributed by atoms with Gasteiger partial charge in [0.25, 0.3) is 0 Å². The van der Waals surface area contributed by atoms with Gasteiger partial charge in [-0.2, -0.15) is 0 Å². The highest BCUT2D eigenvalue weighted by molar-refractivity contribution is 5.27. The third-order valence-corrected chi connectivity index (χ3v) is 2.70. The molecule has 0 saturated carbocycles. The van der Waals surface area contributed by atoms with E-state index in [9.17, 15) is 0 Å². The number of rotatable bonds is 2. The van der Waals surface area contributed by atoms with Crippen LogP contribution in [0.15, 0.2) is 60.7 Å². The number of hydrogen-bond acceptors (Lipinski definition) is 0. The first-order valence-corrected chi connectivity index (χ1v) is 6.32. The minimum atomic E-state index is 1.33. The highest BCUT2D eigenvalue weighted by Gasteiger charge is 1.94. The van der Waals surface area contributed by atoms with E-state index in [0.717, 1.165) is 0 Å². The minimum Gasteiger partial charge on any atom is -0.0622 e. The van der Waals surface area contributed by atoms with Gasteiger partial charge in [0.05, 0.1) is 0 Å². The van der Waals surface area contributed by atoms with Gasteiger partial charge in [-0.1, -0.05) is 88.4 Å². The van der Waals surface area contributed by atoms with E-state index >= 15 is 0 Å². The second-order valence-electron chi connectivity index (χ2n) is 4.73. The number of hydrogen-bond donors (Lipinski definition) is 0. The fraction of sp³-hybridized carbons (Fsp3) is 0.222. The summed E-state index contributed by atoms with van der Waals surface area (Å²) in [6.07, 6.45) is 0. The Kier molecular flexibility index (Phi) is 6.21. The quantitative estimate of drug-likeness (QED) is 0.666. The van der Waals surface area contributed by atoms with Crippen LogP contribution in [0.25, 0.3) is 0 Å². The van der Waals surface area contributed by atoms with Crippen LogP contribution < -0.4 is 0 Å². The summed E-state index contributed by atoms with van der Waals surface area (Å²) in [6.45, 7) is 8.48. The van der Waals surface area contributed by atoms with Gasteiger partial charge in [0, 0.05) is 0 Å². The molecule has 0 N–H and O–H groups in total. The summed E-state index contributed by atoms with van der Waals surface area (Å²) < 4.78 is 0. The Morgan fingerprint density at radius 2 is 0.778 bits per heavy atom. The Labute approximate surface area is 112 Å². The van der Waals surface area contributed by atoms with Crippen molar-refractivity contribution in [3.8, 4) is 0 Å². The molecule has 0 atom stereocenters. The van der Waals surface area contributed by atoms with E-state index in [4.69, 9.17) is 0 Å². The third kappa shape index (κ3) is 5.18. The lowest BCUT2D eigenvalue weighted by Crippen LogP contribution is -1.84. The molecule has 0 heterocycles. The first-order chi connectivity index (χ1) is 8.61. The van der Waals surface area contributed by atoms with Crippen LogP contribution in [0.5, 0.6) is 0 Å². The standard InChI is InChI=1S/2C9H11/c2*1-8(2)9-6-4-3-5-7-9/h2*3-7H,1-2H3. The van der Waals surface area contributed by atoms with Gasteiger partial charge in [-0.05, 0) is 23.0 Å². The van der Waals surface area contributed by atoms with Crippen molar-refractivity contribution in [2.24, 2.45) is 0 Å².